The first kappa shape index (κ1) is 21.5. The van der Waals surface area contributed by atoms with Gasteiger partial charge in [0.05, 0.1) is 6.42 Å². The zero-order valence-corrected chi connectivity index (χ0v) is 17.8. The van der Waals surface area contributed by atoms with E-state index in [1.54, 1.807) is 23.4 Å². The summed E-state index contributed by atoms with van der Waals surface area (Å²) in [6.07, 6.45) is 3.59. The number of ether oxygens (including phenoxy) is 1. The minimum atomic E-state index is -0.382. The van der Waals surface area contributed by atoms with Gasteiger partial charge in [0.25, 0.3) is 5.91 Å². The molecule has 1 aromatic heterocycles. The Bertz CT molecular complexity index is 968. The summed E-state index contributed by atoms with van der Waals surface area (Å²) in [6.45, 7) is 2.15. The molecule has 0 radical (unpaired) electrons. The molecule has 1 fully saturated rings. The highest BCUT2D eigenvalue weighted by Gasteiger charge is 2.24. The third-order valence-electron chi connectivity index (χ3n) is 5.60. The molecule has 1 saturated heterocycles. The Balaban J connectivity index is 1.29. The Labute approximate surface area is 187 Å². The highest BCUT2D eigenvalue weighted by molar-refractivity contribution is 5.81. The molecule has 0 unspecified atom stereocenters. The average molecular weight is 431 g/mol. The van der Waals surface area contributed by atoms with Gasteiger partial charge in [-0.3, -0.25) is 9.59 Å². The highest BCUT2D eigenvalue weighted by Crippen LogP contribution is 2.28. The predicted octanol–water partition coefficient (Wildman–Crippen LogP) is 2.89. The topological polar surface area (TPSA) is 75.6 Å². The number of carbonyl (C=O) groups is 2. The maximum Gasteiger partial charge on any atom is 0.307 e. The quantitative estimate of drug-likeness (QED) is 0.537. The van der Waals surface area contributed by atoms with E-state index in [-0.39, 0.29) is 30.8 Å². The molecular formula is C25H26N4O3. The average Bonchev–Trinajstić information content (AvgIpc) is 2.87. The van der Waals surface area contributed by atoms with Gasteiger partial charge < -0.3 is 14.5 Å². The Morgan fingerprint density at radius 3 is 1.94 bits per heavy atom. The van der Waals surface area contributed by atoms with Gasteiger partial charge in [-0.1, -0.05) is 60.7 Å². The molecule has 0 N–H and O–H groups in total. The van der Waals surface area contributed by atoms with Crippen molar-refractivity contribution in [2.24, 2.45) is 0 Å². The number of rotatable bonds is 7. The van der Waals surface area contributed by atoms with Crippen LogP contribution in [0.3, 0.4) is 0 Å². The van der Waals surface area contributed by atoms with Gasteiger partial charge in [-0.05, 0) is 17.2 Å². The predicted molar refractivity (Wildman–Crippen MR) is 121 cm³/mol. The second kappa shape index (κ2) is 10.5. The van der Waals surface area contributed by atoms with Crippen LogP contribution < -0.4 is 4.90 Å². The lowest BCUT2D eigenvalue weighted by molar-refractivity contribution is -0.152. The molecule has 4 rings (SSSR count). The van der Waals surface area contributed by atoms with E-state index in [0.29, 0.717) is 32.1 Å². The normalized spacial score (nSPS) is 13.8. The molecule has 0 bridgehead atoms. The van der Waals surface area contributed by atoms with Crippen molar-refractivity contribution in [3.8, 4) is 0 Å². The summed E-state index contributed by atoms with van der Waals surface area (Å²) in [5.41, 5.74) is 2.09. The van der Waals surface area contributed by atoms with Crippen molar-refractivity contribution in [3.63, 3.8) is 0 Å². The van der Waals surface area contributed by atoms with E-state index >= 15 is 0 Å². The zero-order valence-electron chi connectivity index (χ0n) is 17.8. The summed E-state index contributed by atoms with van der Waals surface area (Å²) in [5.74, 6) is -0.0105. The first-order chi connectivity index (χ1) is 15.7. The molecule has 7 heteroatoms. The summed E-state index contributed by atoms with van der Waals surface area (Å²) in [7, 11) is 0. The van der Waals surface area contributed by atoms with Crippen LogP contribution in [-0.2, 0) is 14.3 Å². The van der Waals surface area contributed by atoms with Crippen molar-refractivity contribution < 1.29 is 14.3 Å². The van der Waals surface area contributed by atoms with Crippen LogP contribution in [0.25, 0.3) is 0 Å². The monoisotopic (exact) mass is 430 g/mol. The minimum absolute atomic E-state index is 0.116. The molecule has 2 aromatic carbocycles. The van der Waals surface area contributed by atoms with Gasteiger partial charge in [-0.15, -0.1) is 0 Å². The van der Waals surface area contributed by atoms with E-state index in [2.05, 4.69) is 9.97 Å². The highest BCUT2D eigenvalue weighted by atomic mass is 16.5. The fourth-order valence-electron chi connectivity index (χ4n) is 3.87. The number of benzene rings is 2. The summed E-state index contributed by atoms with van der Waals surface area (Å²) in [6, 6.07) is 21.5. The van der Waals surface area contributed by atoms with Gasteiger partial charge in [0.15, 0.2) is 6.61 Å². The molecule has 1 aliphatic rings. The molecule has 2 heterocycles. The third-order valence-corrected chi connectivity index (χ3v) is 5.60. The molecule has 0 saturated carbocycles. The molecule has 0 spiro atoms. The van der Waals surface area contributed by atoms with E-state index in [9.17, 15) is 9.59 Å². The van der Waals surface area contributed by atoms with Crippen LogP contribution in [0.1, 0.15) is 23.5 Å². The minimum Gasteiger partial charge on any atom is -0.456 e. The number of esters is 1. The van der Waals surface area contributed by atoms with Gasteiger partial charge in [0, 0.05) is 44.5 Å². The molecule has 32 heavy (non-hydrogen) atoms. The van der Waals surface area contributed by atoms with E-state index in [1.165, 1.54) is 0 Å². The number of anilines is 1. The smallest absolute Gasteiger partial charge is 0.307 e. The van der Waals surface area contributed by atoms with Crippen LogP contribution >= 0.6 is 0 Å². The van der Waals surface area contributed by atoms with Crippen molar-refractivity contribution in [1.29, 1.82) is 0 Å². The van der Waals surface area contributed by atoms with Crippen LogP contribution in [0.4, 0.5) is 5.95 Å². The number of carbonyl (C=O) groups excluding carboxylic acids is 2. The zero-order chi connectivity index (χ0) is 22.2. The van der Waals surface area contributed by atoms with E-state index in [4.69, 9.17) is 4.74 Å². The Morgan fingerprint density at radius 2 is 1.38 bits per heavy atom. The van der Waals surface area contributed by atoms with Gasteiger partial charge in [-0.2, -0.15) is 0 Å². The number of hydrogen-bond acceptors (Lipinski definition) is 6. The number of amides is 1. The lowest BCUT2D eigenvalue weighted by Gasteiger charge is -2.34. The van der Waals surface area contributed by atoms with Crippen LogP contribution in [0.2, 0.25) is 0 Å². The molecule has 0 atom stereocenters. The molecule has 164 valence electrons. The lowest BCUT2D eigenvalue weighted by Crippen LogP contribution is -2.50. The first-order valence-corrected chi connectivity index (χ1v) is 10.8. The largest absolute Gasteiger partial charge is 0.456 e. The van der Waals surface area contributed by atoms with E-state index < -0.39 is 0 Å². The third kappa shape index (κ3) is 5.49. The van der Waals surface area contributed by atoms with Crippen molar-refractivity contribution in [2.45, 2.75) is 12.3 Å². The summed E-state index contributed by atoms with van der Waals surface area (Å²) in [4.78, 5) is 37.4. The van der Waals surface area contributed by atoms with E-state index in [1.807, 2.05) is 65.6 Å². The van der Waals surface area contributed by atoms with Crippen molar-refractivity contribution >= 4 is 17.8 Å². The maximum atomic E-state index is 12.6. The standard InChI is InChI=1S/C25H26N4O3/c30-23(28-14-16-29(17-15-28)25-26-12-7-13-27-25)19-32-24(31)18-22(20-8-3-1-4-9-20)21-10-5-2-6-11-21/h1-13,22H,14-19H2. The second-order valence-corrected chi connectivity index (χ2v) is 7.66. The fraction of sp³-hybridized carbons (Fsp3) is 0.280. The number of piperazine rings is 1. The number of nitrogens with zero attached hydrogens (tertiary/aromatic N) is 4. The van der Waals surface area contributed by atoms with Crippen LogP contribution in [0, 0.1) is 0 Å². The van der Waals surface area contributed by atoms with Gasteiger partial charge >= 0.3 is 5.97 Å². The SMILES string of the molecule is O=C(CC(c1ccccc1)c1ccccc1)OCC(=O)N1CCN(c2ncccn2)CC1. The first-order valence-electron chi connectivity index (χ1n) is 10.8. The maximum absolute atomic E-state index is 12.6. The lowest BCUT2D eigenvalue weighted by atomic mass is 9.89. The molecular weight excluding hydrogens is 404 g/mol. The van der Waals surface area contributed by atoms with Gasteiger partial charge in [0.1, 0.15) is 0 Å². The van der Waals surface area contributed by atoms with E-state index in [0.717, 1.165) is 11.1 Å². The summed E-state index contributed by atoms with van der Waals surface area (Å²) >= 11 is 0. The fourth-order valence-corrected chi connectivity index (χ4v) is 3.87. The van der Waals surface area contributed by atoms with Crippen LogP contribution in [0.15, 0.2) is 79.1 Å². The Morgan fingerprint density at radius 1 is 0.812 bits per heavy atom. The van der Waals surface area contributed by atoms with Gasteiger partial charge in [0.2, 0.25) is 5.95 Å². The number of hydrogen-bond donors (Lipinski definition) is 0. The Kier molecular flexibility index (Phi) is 7.07. The molecule has 1 amide bonds. The van der Waals surface area contributed by atoms with Crippen LogP contribution in [0.5, 0.6) is 0 Å². The summed E-state index contributed by atoms with van der Waals surface area (Å²) in [5, 5.41) is 0. The van der Waals surface area contributed by atoms with Crippen LogP contribution in [-0.4, -0.2) is 59.5 Å². The van der Waals surface area contributed by atoms with Gasteiger partial charge in [-0.25, -0.2) is 9.97 Å². The molecule has 1 aliphatic heterocycles. The molecule has 7 nitrogen and oxygen atoms in total. The second-order valence-electron chi connectivity index (χ2n) is 7.66. The van der Waals surface area contributed by atoms with Crippen molar-refractivity contribution in [2.75, 3.05) is 37.7 Å². The van der Waals surface area contributed by atoms with Crippen molar-refractivity contribution in [1.82, 2.24) is 14.9 Å². The summed E-state index contributed by atoms with van der Waals surface area (Å²) < 4.78 is 5.37. The number of aromatic nitrogens is 2. The van der Waals surface area contributed by atoms with Crippen molar-refractivity contribution in [3.05, 3.63) is 90.3 Å². The molecule has 0 aliphatic carbocycles. The Hall–Kier alpha value is -3.74. The molecule has 3 aromatic rings.